The van der Waals surface area contributed by atoms with Crippen LogP contribution in [0.3, 0.4) is 0 Å². The molecule has 1 fully saturated rings. The minimum atomic E-state index is -2.87. The van der Waals surface area contributed by atoms with Gasteiger partial charge in [0.15, 0.2) is 0 Å². The topological polar surface area (TPSA) is 55.6 Å². The zero-order valence-electron chi connectivity index (χ0n) is 13.6. The average molecular weight is 349 g/mol. The third kappa shape index (κ3) is 4.32. The molecular formula is C16H23ClF2N2O2. The van der Waals surface area contributed by atoms with Crippen molar-refractivity contribution in [2.45, 2.75) is 33.8 Å². The molecule has 0 radical (unpaired) electrons. The van der Waals surface area contributed by atoms with Gasteiger partial charge in [-0.25, -0.2) is 0 Å². The number of hydrogen-bond acceptors (Lipinski definition) is 3. The molecular weight excluding hydrogens is 326 g/mol. The largest absolute Gasteiger partial charge is 0.434 e. The van der Waals surface area contributed by atoms with Crippen LogP contribution in [0.1, 0.15) is 34.8 Å². The van der Waals surface area contributed by atoms with Crippen molar-refractivity contribution < 1.29 is 18.3 Å². The van der Waals surface area contributed by atoms with Crippen molar-refractivity contribution in [3.8, 4) is 5.75 Å². The molecule has 1 aliphatic heterocycles. The van der Waals surface area contributed by atoms with Gasteiger partial charge in [0.1, 0.15) is 5.75 Å². The van der Waals surface area contributed by atoms with E-state index in [1.165, 1.54) is 0 Å². The molecule has 0 aromatic heterocycles. The molecule has 0 bridgehead atoms. The van der Waals surface area contributed by atoms with Gasteiger partial charge in [-0.1, -0.05) is 6.92 Å². The van der Waals surface area contributed by atoms with Gasteiger partial charge >= 0.3 is 6.61 Å². The van der Waals surface area contributed by atoms with Crippen LogP contribution in [-0.2, 0) is 0 Å². The van der Waals surface area contributed by atoms with Gasteiger partial charge in [-0.2, -0.15) is 8.78 Å². The maximum absolute atomic E-state index is 12.6. The van der Waals surface area contributed by atoms with E-state index in [-0.39, 0.29) is 29.5 Å². The van der Waals surface area contributed by atoms with Crippen LogP contribution in [0.5, 0.6) is 5.75 Å². The number of nitrogens with zero attached hydrogens (tertiary/aromatic N) is 1. The zero-order valence-corrected chi connectivity index (χ0v) is 14.4. The van der Waals surface area contributed by atoms with Gasteiger partial charge in [0.05, 0.1) is 0 Å². The maximum Gasteiger partial charge on any atom is 0.387 e. The number of hydrogen-bond donors (Lipinski definition) is 1. The standard InChI is InChI=1S/C16H22F2N2O2.ClH/c1-10-6-12(7-11(2)13(10)22-15(17)18)14(21)20-5-4-16(3,8-19)9-20;/h6-7,15H,4-5,8-9,19H2,1-3H3;1H. The molecule has 1 heterocycles. The van der Waals surface area contributed by atoms with E-state index in [0.29, 0.717) is 36.3 Å². The Kier molecular flexibility index (Phi) is 6.36. The number of aryl methyl sites for hydroxylation is 2. The summed E-state index contributed by atoms with van der Waals surface area (Å²) in [5, 5.41) is 0. The number of rotatable bonds is 4. The number of amides is 1. The van der Waals surface area contributed by atoms with Crippen molar-refractivity contribution in [1.82, 2.24) is 4.90 Å². The lowest BCUT2D eigenvalue weighted by atomic mass is 9.90. The number of nitrogens with two attached hydrogens (primary N) is 1. The molecule has 1 aromatic rings. The first-order valence-electron chi connectivity index (χ1n) is 7.31. The third-order valence-electron chi connectivity index (χ3n) is 4.25. The van der Waals surface area contributed by atoms with E-state index in [1.54, 1.807) is 30.9 Å². The SMILES string of the molecule is Cc1cc(C(=O)N2CCC(C)(CN)C2)cc(C)c1OC(F)F.Cl. The van der Waals surface area contributed by atoms with Gasteiger partial charge in [0.25, 0.3) is 5.91 Å². The Morgan fingerprint density at radius 3 is 2.39 bits per heavy atom. The predicted octanol–water partition coefficient (Wildman–Crippen LogP) is 3.14. The molecule has 1 aromatic carbocycles. The lowest BCUT2D eigenvalue weighted by Gasteiger charge is -2.23. The van der Waals surface area contributed by atoms with Gasteiger partial charge in [-0.05, 0) is 55.5 Å². The van der Waals surface area contributed by atoms with Crippen LogP contribution >= 0.6 is 12.4 Å². The van der Waals surface area contributed by atoms with Crippen LogP contribution in [0.4, 0.5) is 8.78 Å². The van der Waals surface area contributed by atoms with Crippen molar-refractivity contribution in [3.63, 3.8) is 0 Å². The number of alkyl halides is 2. The second kappa shape index (κ2) is 7.45. The van der Waals surface area contributed by atoms with Crippen molar-refractivity contribution >= 4 is 18.3 Å². The summed E-state index contributed by atoms with van der Waals surface area (Å²) in [5.74, 6) is 0.0479. The summed E-state index contributed by atoms with van der Waals surface area (Å²) in [5.41, 5.74) is 7.28. The number of halogens is 3. The molecule has 2 N–H and O–H groups in total. The molecule has 7 heteroatoms. The fourth-order valence-corrected chi connectivity index (χ4v) is 2.90. The Morgan fingerprint density at radius 2 is 1.96 bits per heavy atom. The monoisotopic (exact) mass is 348 g/mol. The van der Waals surface area contributed by atoms with Crippen molar-refractivity contribution in [2.24, 2.45) is 11.1 Å². The highest BCUT2D eigenvalue weighted by Crippen LogP contribution is 2.31. The minimum Gasteiger partial charge on any atom is -0.434 e. The fourth-order valence-electron chi connectivity index (χ4n) is 2.90. The first-order valence-corrected chi connectivity index (χ1v) is 7.31. The van der Waals surface area contributed by atoms with Gasteiger partial charge in [-0.3, -0.25) is 4.79 Å². The molecule has 2 rings (SSSR count). The van der Waals surface area contributed by atoms with E-state index >= 15 is 0 Å². The van der Waals surface area contributed by atoms with E-state index in [9.17, 15) is 13.6 Å². The van der Waals surface area contributed by atoms with Crippen LogP contribution in [0.25, 0.3) is 0 Å². The zero-order chi connectivity index (χ0) is 16.5. The normalized spacial score (nSPS) is 20.6. The van der Waals surface area contributed by atoms with Gasteiger partial charge in [0, 0.05) is 18.7 Å². The van der Waals surface area contributed by atoms with Crippen molar-refractivity contribution in [2.75, 3.05) is 19.6 Å². The molecule has 0 aliphatic carbocycles. The number of carbonyl (C=O) groups is 1. The Balaban J connectivity index is 0.00000264. The molecule has 1 aliphatic rings. The molecule has 1 saturated heterocycles. The smallest absolute Gasteiger partial charge is 0.387 e. The summed E-state index contributed by atoms with van der Waals surface area (Å²) in [6, 6.07) is 3.20. The van der Waals surface area contributed by atoms with Crippen molar-refractivity contribution in [1.29, 1.82) is 0 Å². The summed E-state index contributed by atoms with van der Waals surface area (Å²) >= 11 is 0. The third-order valence-corrected chi connectivity index (χ3v) is 4.25. The van der Waals surface area contributed by atoms with Crippen LogP contribution < -0.4 is 10.5 Å². The maximum atomic E-state index is 12.6. The summed E-state index contributed by atoms with van der Waals surface area (Å²) in [4.78, 5) is 14.4. The predicted molar refractivity (Wildman–Crippen MR) is 87.5 cm³/mol. The van der Waals surface area contributed by atoms with Gasteiger partial charge < -0.3 is 15.4 Å². The summed E-state index contributed by atoms with van der Waals surface area (Å²) < 4.78 is 29.3. The molecule has 23 heavy (non-hydrogen) atoms. The summed E-state index contributed by atoms with van der Waals surface area (Å²) in [6.07, 6.45) is 0.875. The number of carbonyl (C=O) groups excluding carboxylic acids is 1. The molecule has 1 atom stereocenters. The molecule has 130 valence electrons. The first-order chi connectivity index (χ1) is 10.3. The molecule has 4 nitrogen and oxygen atoms in total. The molecule has 0 spiro atoms. The Bertz CT molecular complexity index is 560. The number of benzene rings is 1. The second-order valence-corrected chi connectivity index (χ2v) is 6.31. The van der Waals surface area contributed by atoms with Crippen LogP contribution in [0.15, 0.2) is 12.1 Å². The van der Waals surface area contributed by atoms with Crippen LogP contribution in [0.2, 0.25) is 0 Å². The fraction of sp³-hybridized carbons (Fsp3) is 0.562. The molecule has 1 unspecified atom stereocenters. The van der Waals surface area contributed by atoms with E-state index < -0.39 is 6.61 Å². The van der Waals surface area contributed by atoms with Crippen LogP contribution in [0, 0.1) is 19.3 Å². The van der Waals surface area contributed by atoms with E-state index in [4.69, 9.17) is 5.73 Å². The van der Waals surface area contributed by atoms with E-state index in [0.717, 1.165) is 6.42 Å². The van der Waals surface area contributed by atoms with Crippen molar-refractivity contribution in [3.05, 3.63) is 28.8 Å². The van der Waals surface area contributed by atoms with Crippen LogP contribution in [-0.4, -0.2) is 37.1 Å². The number of ether oxygens (including phenoxy) is 1. The van der Waals surface area contributed by atoms with E-state index in [2.05, 4.69) is 11.7 Å². The molecule has 1 amide bonds. The average Bonchev–Trinajstić information content (AvgIpc) is 2.85. The Labute approximate surface area is 141 Å². The highest BCUT2D eigenvalue weighted by molar-refractivity contribution is 5.95. The van der Waals surface area contributed by atoms with Gasteiger partial charge in [0.2, 0.25) is 0 Å². The Hall–Kier alpha value is -1.40. The quantitative estimate of drug-likeness (QED) is 0.909. The minimum absolute atomic E-state index is 0. The highest BCUT2D eigenvalue weighted by Gasteiger charge is 2.35. The highest BCUT2D eigenvalue weighted by atomic mass is 35.5. The van der Waals surface area contributed by atoms with E-state index in [1.807, 2.05) is 0 Å². The summed E-state index contributed by atoms with van der Waals surface area (Å²) in [6.45, 7) is 4.34. The number of likely N-dealkylation sites (tertiary alicyclic amines) is 1. The summed E-state index contributed by atoms with van der Waals surface area (Å²) in [7, 11) is 0. The lowest BCUT2D eigenvalue weighted by Crippen LogP contribution is -2.34. The Morgan fingerprint density at radius 1 is 1.39 bits per heavy atom. The first kappa shape index (κ1) is 19.6. The lowest BCUT2D eigenvalue weighted by molar-refractivity contribution is -0.0507. The second-order valence-electron chi connectivity index (χ2n) is 6.31. The van der Waals surface area contributed by atoms with Gasteiger partial charge in [-0.15, -0.1) is 12.4 Å². The molecule has 0 saturated carbocycles.